The fourth-order valence-corrected chi connectivity index (χ4v) is 2.71. The van der Waals surface area contributed by atoms with E-state index in [9.17, 15) is 9.59 Å². The van der Waals surface area contributed by atoms with Gasteiger partial charge < -0.3 is 14.8 Å². The number of para-hydroxylation sites is 1. The number of rotatable bonds is 5. The van der Waals surface area contributed by atoms with Gasteiger partial charge in [0, 0.05) is 12.1 Å². The second kappa shape index (κ2) is 7.45. The Morgan fingerprint density at radius 3 is 2.62 bits per heavy atom. The molecule has 0 saturated heterocycles. The molecule has 26 heavy (non-hydrogen) atoms. The van der Waals surface area contributed by atoms with Crippen LogP contribution < -0.4 is 20.3 Å². The number of methoxy groups -OCH3 is 2. The lowest BCUT2D eigenvalue weighted by Crippen LogP contribution is -2.28. The molecule has 0 aliphatic rings. The smallest absolute Gasteiger partial charge is 0.261 e. The van der Waals surface area contributed by atoms with Crippen molar-refractivity contribution in [3.8, 4) is 11.5 Å². The molecule has 0 atom stereocenters. The largest absolute Gasteiger partial charge is 0.493 e. The number of hydrogen-bond donors (Lipinski definition) is 1. The molecule has 0 bridgehead atoms. The van der Waals surface area contributed by atoms with Gasteiger partial charge in [0.1, 0.15) is 6.54 Å². The minimum atomic E-state index is -0.418. The molecule has 8 heteroatoms. The van der Waals surface area contributed by atoms with Gasteiger partial charge in [-0.05, 0) is 12.1 Å². The van der Waals surface area contributed by atoms with Crippen LogP contribution in [0.4, 0.5) is 5.69 Å². The Morgan fingerprint density at radius 1 is 1.19 bits per heavy atom. The topological polar surface area (TPSA) is 82.5 Å². The average Bonchev–Trinajstić information content (AvgIpc) is 2.65. The molecule has 0 aliphatic heterocycles. The molecule has 0 spiro atoms. The van der Waals surface area contributed by atoms with E-state index in [4.69, 9.17) is 21.1 Å². The molecule has 1 amide bonds. The van der Waals surface area contributed by atoms with Crippen LogP contribution in [0.25, 0.3) is 10.9 Å². The first-order valence-electron chi connectivity index (χ1n) is 7.69. The number of nitrogens with zero attached hydrogens (tertiary/aromatic N) is 2. The number of nitrogens with one attached hydrogen (secondary N) is 1. The van der Waals surface area contributed by atoms with Gasteiger partial charge in [-0.15, -0.1) is 0 Å². The maximum atomic E-state index is 12.4. The number of ether oxygens (including phenoxy) is 2. The monoisotopic (exact) mass is 373 g/mol. The summed E-state index contributed by atoms with van der Waals surface area (Å²) < 4.78 is 11.6. The number of carbonyl (C=O) groups is 1. The Balaban J connectivity index is 1.84. The lowest BCUT2D eigenvalue weighted by molar-refractivity contribution is -0.116. The Labute approximate surface area is 154 Å². The quantitative estimate of drug-likeness (QED) is 0.743. The molecule has 0 aliphatic carbocycles. The van der Waals surface area contributed by atoms with Gasteiger partial charge in [0.15, 0.2) is 11.5 Å². The summed E-state index contributed by atoms with van der Waals surface area (Å²) in [5, 5.41) is 3.41. The van der Waals surface area contributed by atoms with Crippen molar-refractivity contribution in [3.63, 3.8) is 0 Å². The number of benzene rings is 2. The second-order valence-corrected chi connectivity index (χ2v) is 5.84. The second-order valence-electron chi connectivity index (χ2n) is 5.43. The number of aromatic nitrogens is 2. The van der Waals surface area contributed by atoms with Crippen LogP contribution in [0.5, 0.6) is 11.5 Å². The van der Waals surface area contributed by atoms with Crippen LogP contribution in [-0.2, 0) is 11.3 Å². The van der Waals surface area contributed by atoms with Crippen molar-refractivity contribution >= 4 is 34.1 Å². The first-order valence-corrected chi connectivity index (χ1v) is 8.07. The maximum absolute atomic E-state index is 12.4. The van der Waals surface area contributed by atoms with Crippen LogP contribution in [0, 0.1) is 0 Å². The van der Waals surface area contributed by atoms with E-state index in [1.54, 1.807) is 36.4 Å². The molecule has 134 valence electrons. The van der Waals surface area contributed by atoms with E-state index in [1.807, 2.05) is 0 Å². The summed E-state index contributed by atoms with van der Waals surface area (Å²) >= 11 is 6.16. The highest BCUT2D eigenvalue weighted by molar-refractivity contribution is 6.34. The van der Waals surface area contributed by atoms with Gasteiger partial charge in [0.2, 0.25) is 5.91 Å². The third-order valence-electron chi connectivity index (χ3n) is 3.79. The molecule has 3 aromatic rings. The van der Waals surface area contributed by atoms with Gasteiger partial charge in [-0.2, -0.15) is 0 Å². The number of anilines is 1. The number of amides is 1. The summed E-state index contributed by atoms with van der Waals surface area (Å²) in [5.74, 6) is 0.459. The SMILES string of the molecule is COc1cc(Cl)c(NC(=O)Cn2cnc3ccccc3c2=O)cc1OC. The molecule has 0 radical (unpaired) electrons. The molecule has 1 heterocycles. The summed E-state index contributed by atoms with van der Waals surface area (Å²) in [6.45, 7) is -0.193. The zero-order chi connectivity index (χ0) is 18.7. The van der Waals surface area contributed by atoms with E-state index in [0.717, 1.165) is 0 Å². The zero-order valence-corrected chi connectivity index (χ0v) is 14.9. The zero-order valence-electron chi connectivity index (χ0n) is 14.2. The number of carbonyl (C=O) groups excluding carboxylic acids is 1. The van der Waals surface area contributed by atoms with Crippen molar-refractivity contribution in [2.45, 2.75) is 6.54 Å². The van der Waals surface area contributed by atoms with Crippen LogP contribution in [-0.4, -0.2) is 29.7 Å². The van der Waals surface area contributed by atoms with E-state index in [1.165, 1.54) is 25.1 Å². The third-order valence-corrected chi connectivity index (χ3v) is 4.11. The van der Waals surface area contributed by atoms with E-state index >= 15 is 0 Å². The fourth-order valence-electron chi connectivity index (χ4n) is 2.51. The normalized spacial score (nSPS) is 10.6. The van der Waals surface area contributed by atoms with Crippen molar-refractivity contribution in [1.82, 2.24) is 9.55 Å². The van der Waals surface area contributed by atoms with Gasteiger partial charge in [-0.25, -0.2) is 4.98 Å². The van der Waals surface area contributed by atoms with Crippen LogP contribution in [0.1, 0.15) is 0 Å². The third kappa shape index (κ3) is 3.48. The lowest BCUT2D eigenvalue weighted by Gasteiger charge is -2.13. The summed E-state index contributed by atoms with van der Waals surface area (Å²) in [6.07, 6.45) is 1.35. The molecule has 7 nitrogen and oxygen atoms in total. The summed E-state index contributed by atoms with van der Waals surface area (Å²) in [4.78, 5) is 29.0. The van der Waals surface area contributed by atoms with Gasteiger partial charge >= 0.3 is 0 Å². The minimum absolute atomic E-state index is 0.193. The minimum Gasteiger partial charge on any atom is -0.493 e. The number of halogens is 1. The Hall–Kier alpha value is -3.06. The lowest BCUT2D eigenvalue weighted by atomic mass is 10.2. The highest BCUT2D eigenvalue weighted by atomic mass is 35.5. The molecule has 1 aromatic heterocycles. The molecule has 2 aromatic carbocycles. The predicted octanol–water partition coefficient (Wildman–Crippen LogP) is 2.71. The van der Waals surface area contributed by atoms with Crippen molar-refractivity contribution in [1.29, 1.82) is 0 Å². The molecule has 0 saturated carbocycles. The van der Waals surface area contributed by atoms with Crippen LogP contribution in [0.15, 0.2) is 47.5 Å². The van der Waals surface area contributed by atoms with Crippen molar-refractivity contribution in [3.05, 3.63) is 58.1 Å². The molecule has 1 N–H and O–H groups in total. The molecular weight excluding hydrogens is 358 g/mol. The Bertz CT molecular complexity index is 1030. The summed E-state index contributed by atoms with van der Waals surface area (Å²) in [5.41, 5.74) is 0.650. The highest BCUT2D eigenvalue weighted by Gasteiger charge is 2.13. The van der Waals surface area contributed by atoms with Gasteiger partial charge in [-0.3, -0.25) is 14.2 Å². The molecule has 0 fully saturated rings. The highest BCUT2D eigenvalue weighted by Crippen LogP contribution is 2.35. The van der Waals surface area contributed by atoms with Gasteiger partial charge in [-0.1, -0.05) is 23.7 Å². The van der Waals surface area contributed by atoms with Crippen molar-refractivity contribution in [2.24, 2.45) is 0 Å². The predicted molar refractivity (Wildman–Crippen MR) is 99.2 cm³/mol. The van der Waals surface area contributed by atoms with Gasteiger partial charge in [0.25, 0.3) is 5.56 Å². The van der Waals surface area contributed by atoms with E-state index in [2.05, 4.69) is 10.3 Å². The fraction of sp³-hybridized carbons (Fsp3) is 0.167. The van der Waals surface area contributed by atoms with E-state index in [-0.39, 0.29) is 12.1 Å². The first-order chi connectivity index (χ1) is 12.5. The van der Waals surface area contributed by atoms with Crippen LogP contribution in [0.3, 0.4) is 0 Å². The van der Waals surface area contributed by atoms with Crippen LogP contribution in [0.2, 0.25) is 5.02 Å². The average molecular weight is 374 g/mol. The molecular formula is C18H16ClN3O4. The Morgan fingerprint density at radius 2 is 1.88 bits per heavy atom. The standard InChI is InChI=1S/C18H16ClN3O4/c1-25-15-7-12(19)14(8-16(15)26-2)21-17(23)9-22-10-20-13-6-4-3-5-11(13)18(22)24/h3-8,10H,9H2,1-2H3,(H,21,23). The summed E-state index contributed by atoms with van der Waals surface area (Å²) in [6, 6.07) is 10.1. The van der Waals surface area contributed by atoms with Crippen LogP contribution >= 0.6 is 11.6 Å². The maximum Gasteiger partial charge on any atom is 0.261 e. The first kappa shape index (κ1) is 17.8. The summed E-state index contributed by atoms with van der Waals surface area (Å²) in [7, 11) is 2.98. The van der Waals surface area contributed by atoms with Gasteiger partial charge in [0.05, 0.1) is 42.2 Å². The van der Waals surface area contributed by atoms with E-state index in [0.29, 0.717) is 33.1 Å². The Kier molecular flexibility index (Phi) is 5.09. The number of fused-ring (bicyclic) bond motifs is 1. The van der Waals surface area contributed by atoms with E-state index < -0.39 is 5.91 Å². The molecule has 0 unspecified atom stereocenters. The number of hydrogen-bond acceptors (Lipinski definition) is 5. The van der Waals surface area contributed by atoms with Crippen molar-refractivity contribution < 1.29 is 14.3 Å². The van der Waals surface area contributed by atoms with Crippen molar-refractivity contribution in [2.75, 3.05) is 19.5 Å². The molecule has 3 rings (SSSR count).